The first-order chi connectivity index (χ1) is 6.56. The van der Waals surface area contributed by atoms with E-state index >= 15 is 0 Å². The molecule has 0 spiro atoms. The second-order valence-electron chi connectivity index (χ2n) is 5.04. The lowest BCUT2D eigenvalue weighted by Crippen LogP contribution is -2.52. The third-order valence-electron chi connectivity index (χ3n) is 1.73. The van der Waals surface area contributed by atoms with Crippen molar-refractivity contribution in [2.24, 2.45) is 0 Å². The van der Waals surface area contributed by atoms with Gasteiger partial charge in [-0.1, -0.05) is 0 Å². The molecule has 0 aromatic rings. The van der Waals surface area contributed by atoms with Crippen molar-refractivity contribution in [3.8, 4) is 0 Å². The Kier molecular flexibility index (Phi) is 4.55. The largest absolute Gasteiger partial charge is 0.444 e. The van der Waals surface area contributed by atoms with Gasteiger partial charge in [-0.15, -0.1) is 0 Å². The van der Waals surface area contributed by atoms with Crippen molar-refractivity contribution in [1.82, 2.24) is 5.32 Å². The lowest BCUT2D eigenvalue weighted by atomic mass is 10.0. The molecular weight excluding hydrogens is 198 g/mol. The Hall–Kier alpha value is -0.810. The summed E-state index contributed by atoms with van der Waals surface area (Å²) >= 11 is 0. The van der Waals surface area contributed by atoms with Crippen LogP contribution in [0.3, 0.4) is 0 Å². The maximum absolute atomic E-state index is 11.3. The van der Waals surface area contributed by atoms with Gasteiger partial charge in [0, 0.05) is 0 Å². The number of aliphatic hydroxyl groups is 2. The quantitative estimate of drug-likeness (QED) is 0.651. The van der Waals surface area contributed by atoms with Crippen molar-refractivity contribution in [3.05, 3.63) is 0 Å². The molecule has 0 fully saturated rings. The Morgan fingerprint density at radius 2 is 1.80 bits per heavy atom. The molecule has 0 aromatic heterocycles. The molecule has 0 bridgehead atoms. The van der Waals surface area contributed by atoms with Gasteiger partial charge in [-0.25, -0.2) is 4.79 Å². The maximum Gasteiger partial charge on any atom is 0.408 e. The fraction of sp³-hybridized carbons (Fsp3) is 0.900. The number of alkyl carbamates (subject to hydrolysis) is 1. The molecule has 90 valence electrons. The van der Waals surface area contributed by atoms with E-state index in [1.54, 1.807) is 20.8 Å². The first-order valence-corrected chi connectivity index (χ1v) is 4.89. The van der Waals surface area contributed by atoms with Gasteiger partial charge >= 0.3 is 6.09 Å². The minimum absolute atomic E-state index is 0.345. The summed E-state index contributed by atoms with van der Waals surface area (Å²) in [4.78, 5) is 11.3. The van der Waals surface area contributed by atoms with Crippen LogP contribution in [-0.2, 0) is 4.74 Å². The van der Waals surface area contributed by atoms with Gasteiger partial charge in [0.1, 0.15) is 5.60 Å². The van der Waals surface area contributed by atoms with E-state index in [2.05, 4.69) is 5.32 Å². The van der Waals surface area contributed by atoms with Gasteiger partial charge in [0.2, 0.25) is 0 Å². The van der Waals surface area contributed by atoms with E-state index < -0.39 is 23.3 Å². The van der Waals surface area contributed by atoms with Crippen LogP contribution in [0.2, 0.25) is 0 Å². The third kappa shape index (κ3) is 6.30. The molecular formula is C10H21NO4. The molecule has 0 saturated heterocycles. The monoisotopic (exact) mass is 219 g/mol. The number of aliphatic hydroxyl groups excluding tert-OH is 1. The summed E-state index contributed by atoms with van der Waals surface area (Å²) in [6.45, 7) is 7.89. The highest BCUT2D eigenvalue weighted by Crippen LogP contribution is 2.10. The molecule has 1 amide bonds. The average Bonchev–Trinajstić information content (AvgIpc) is 1.94. The normalized spacial score (nSPS) is 14.6. The topological polar surface area (TPSA) is 78.8 Å². The Balaban J connectivity index is 4.27. The number of amides is 1. The van der Waals surface area contributed by atoms with Crippen LogP contribution in [0.25, 0.3) is 0 Å². The number of carbonyl (C=O) groups excluding carboxylic acids is 1. The molecule has 0 saturated carbocycles. The van der Waals surface area contributed by atoms with Crippen LogP contribution in [0.5, 0.6) is 0 Å². The molecule has 0 heterocycles. The van der Waals surface area contributed by atoms with Crippen molar-refractivity contribution in [1.29, 1.82) is 0 Å². The molecule has 1 unspecified atom stereocenters. The van der Waals surface area contributed by atoms with Gasteiger partial charge in [0.15, 0.2) is 0 Å². The van der Waals surface area contributed by atoms with Gasteiger partial charge in [-0.3, -0.25) is 0 Å². The summed E-state index contributed by atoms with van der Waals surface area (Å²) in [7, 11) is 0. The Morgan fingerprint density at radius 3 is 2.07 bits per heavy atom. The molecule has 5 nitrogen and oxygen atoms in total. The van der Waals surface area contributed by atoms with Crippen LogP contribution in [0, 0.1) is 0 Å². The van der Waals surface area contributed by atoms with Gasteiger partial charge < -0.3 is 20.3 Å². The second kappa shape index (κ2) is 4.81. The molecule has 1 atom stereocenters. The summed E-state index contributed by atoms with van der Waals surface area (Å²) in [5.74, 6) is 0. The van der Waals surface area contributed by atoms with Gasteiger partial charge in [-0.2, -0.15) is 0 Å². The lowest BCUT2D eigenvalue weighted by molar-refractivity contribution is 0.00129. The highest BCUT2D eigenvalue weighted by molar-refractivity contribution is 5.68. The summed E-state index contributed by atoms with van der Waals surface area (Å²) in [5, 5.41) is 21.0. The predicted molar refractivity (Wildman–Crippen MR) is 56.5 cm³/mol. The van der Waals surface area contributed by atoms with Crippen molar-refractivity contribution >= 4 is 6.09 Å². The summed E-state index contributed by atoms with van der Waals surface area (Å²) in [6, 6.07) is -0.743. The molecule has 0 aliphatic carbocycles. The van der Waals surface area contributed by atoms with Crippen LogP contribution in [0.1, 0.15) is 34.6 Å². The highest BCUT2D eigenvalue weighted by Gasteiger charge is 2.29. The van der Waals surface area contributed by atoms with Crippen LogP contribution in [0.15, 0.2) is 0 Å². The highest BCUT2D eigenvalue weighted by atomic mass is 16.6. The Labute approximate surface area is 90.4 Å². The van der Waals surface area contributed by atoms with E-state index in [1.807, 2.05) is 0 Å². The number of nitrogens with one attached hydrogen (secondary N) is 1. The molecule has 0 aliphatic heterocycles. The minimum atomic E-state index is -1.19. The Bertz CT molecular complexity index is 214. The lowest BCUT2D eigenvalue weighted by Gasteiger charge is -2.29. The first-order valence-electron chi connectivity index (χ1n) is 4.89. The van der Waals surface area contributed by atoms with E-state index in [4.69, 9.17) is 9.84 Å². The first kappa shape index (κ1) is 14.2. The van der Waals surface area contributed by atoms with Crippen molar-refractivity contribution < 1.29 is 19.7 Å². The van der Waals surface area contributed by atoms with Crippen molar-refractivity contribution in [2.75, 3.05) is 6.61 Å². The van der Waals surface area contributed by atoms with E-state index in [9.17, 15) is 9.90 Å². The van der Waals surface area contributed by atoms with Crippen LogP contribution < -0.4 is 5.32 Å². The minimum Gasteiger partial charge on any atom is -0.444 e. The predicted octanol–water partition coefficient (Wildman–Crippen LogP) is 0.643. The fourth-order valence-electron chi connectivity index (χ4n) is 0.895. The number of hydrogen-bond acceptors (Lipinski definition) is 4. The number of carbonyl (C=O) groups is 1. The van der Waals surface area contributed by atoms with Crippen molar-refractivity contribution in [2.45, 2.75) is 51.9 Å². The van der Waals surface area contributed by atoms with E-state index in [0.717, 1.165) is 0 Å². The van der Waals surface area contributed by atoms with E-state index in [0.29, 0.717) is 0 Å². The Morgan fingerprint density at radius 1 is 1.33 bits per heavy atom. The van der Waals surface area contributed by atoms with Crippen LogP contribution >= 0.6 is 0 Å². The smallest absolute Gasteiger partial charge is 0.408 e. The van der Waals surface area contributed by atoms with E-state index in [1.165, 1.54) is 13.8 Å². The van der Waals surface area contributed by atoms with Crippen LogP contribution in [0.4, 0.5) is 4.79 Å². The second-order valence-corrected chi connectivity index (χ2v) is 5.04. The molecule has 0 radical (unpaired) electrons. The number of rotatable bonds is 3. The van der Waals surface area contributed by atoms with Gasteiger partial charge in [0.25, 0.3) is 0 Å². The zero-order valence-corrected chi connectivity index (χ0v) is 10.00. The number of ether oxygens (including phenoxy) is 1. The van der Waals surface area contributed by atoms with Gasteiger partial charge in [-0.05, 0) is 34.6 Å². The SMILES string of the molecule is CC(C)(C)OC(=O)NC(CO)C(C)(C)O. The fourth-order valence-corrected chi connectivity index (χ4v) is 0.895. The van der Waals surface area contributed by atoms with Crippen LogP contribution in [-0.4, -0.2) is 40.2 Å². The summed E-state index contributed by atoms with van der Waals surface area (Å²) < 4.78 is 4.99. The molecule has 0 rings (SSSR count). The summed E-state index contributed by atoms with van der Waals surface area (Å²) in [6.07, 6.45) is -0.649. The molecule has 5 heteroatoms. The standard InChI is InChI=1S/C10H21NO4/c1-9(2,3)15-8(13)11-7(6-12)10(4,5)14/h7,12,14H,6H2,1-5H3,(H,11,13). The zero-order chi connectivity index (χ0) is 12.3. The average molecular weight is 219 g/mol. The molecule has 3 N–H and O–H groups in total. The number of hydrogen-bond donors (Lipinski definition) is 3. The maximum atomic E-state index is 11.3. The molecule has 0 aromatic carbocycles. The third-order valence-corrected chi connectivity index (χ3v) is 1.73. The van der Waals surface area contributed by atoms with Gasteiger partial charge in [0.05, 0.1) is 18.2 Å². The molecule has 15 heavy (non-hydrogen) atoms. The summed E-state index contributed by atoms with van der Waals surface area (Å²) in [5.41, 5.74) is -1.78. The van der Waals surface area contributed by atoms with E-state index in [-0.39, 0.29) is 6.61 Å². The molecule has 0 aliphatic rings. The van der Waals surface area contributed by atoms with Crippen molar-refractivity contribution in [3.63, 3.8) is 0 Å². The zero-order valence-electron chi connectivity index (χ0n) is 10.00.